The van der Waals surface area contributed by atoms with Crippen LogP contribution in [0.25, 0.3) is 0 Å². The predicted molar refractivity (Wildman–Crippen MR) is 86.6 cm³/mol. The van der Waals surface area contributed by atoms with Crippen LogP contribution in [0.15, 0.2) is 30.3 Å². The number of benzene rings is 1. The number of likely N-dealkylation sites (N-methyl/N-ethyl adjacent to an activating group) is 1. The summed E-state index contributed by atoms with van der Waals surface area (Å²) in [4.78, 5) is 37.0. The first kappa shape index (κ1) is 18.7. The summed E-state index contributed by atoms with van der Waals surface area (Å²) >= 11 is 0. The lowest BCUT2D eigenvalue weighted by molar-refractivity contribution is -0.154. The summed E-state index contributed by atoms with van der Waals surface area (Å²) in [5.41, 5.74) is 0.864. The van der Waals surface area contributed by atoms with Crippen LogP contribution in [-0.2, 0) is 25.5 Å². The van der Waals surface area contributed by atoms with Gasteiger partial charge in [-0.3, -0.25) is 9.59 Å². The highest BCUT2D eigenvalue weighted by Gasteiger charge is 2.26. The summed E-state index contributed by atoms with van der Waals surface area (Å²) in [7, 11) is 3.16. The standard InChI is InChI=1S/C17H24N2O4/c1-12(2)16(17(22)23-11-15(21)19(3)4)18-14(20)10-13-8-6-5-7-9-13/h5-9,12,16H,10-11H2,1-4H3,(H,18,20)/t16-/m0/s1. The number of hydrogen-bond donors (Lipinski definition) is 1. The Kier molecular flexibility index (Phi) is 7.25. The minimum absolute atomic E-state index is 0.142. The van der Waals surface area contributed by atoms with Crippen molar-refractivity contribution >= 4 is 17.8 Å². The van der Waals surface area contributed by atoms with Crippen LogP contribution in [0.1, 0.15) is 19.4 Å². The molecule has 0 spiro atoms. The van der Waals surface area contributed by atoms with E-state index in [9.17, 15) is 14.4 Å². The largest absolute Gasteiger partial charge is 0.454 e. The molecule has 0 bridgehead atoms. The van der Waals surface area contributed by atoms with E-state index in [2.05, 4.69) is 5.32 Å². The van der Waals surface area contributed by atoms with Crippen LogP contribution in [0.5, 0.6) is 0 Å². The van der Waals surface area contributed by atoms with Crippen LogP contribution < -0.4 is 5.32 Å². The van der Waals surface area contributed by atoms with E-state index in [4.69, 9.17) is 4.74 Å². The van der Waals surface area contributed by atoms with Gasteiger partial charge in [0.05, 0.1) is 6.42 Å². The van der Waals surface area contributed by atoms with Crippen molar-refractivity contribution in [3.63, 3.8) is 0 Å². The van der Waals surface area contributed by atoms with Gasteiger partial charge in [-0.25, -0.2) is 4.79 Å². The van der Waals surface area contributed by atoms with Crippen molar-refractivity contribution in [3.05, 3.63) is 35.9 Å². The van der Waals surface area contributed by atoms with Gasteiger partial charge in [0.2, 0.25) is 5.91 Å². The quantitative estimate of drug-likeness (QED) is 0.761. The maximum absolute atomic E-state index is 12.1. The molecule has 1 rings (SSSR count). The first-order valence-corrected chi connectivity index (χ1v) is 7.51. The second kappa shape index (κ2) is 8.92. The molecule has 0 saturated carbocycles. The Bertz CT molecular complexity index is 541. The van der Waals surface area contributed by atoms with Crippen molar-refractivity contribution in [2.24, 2.45) is 5.92 Å². The lowest BCUT2D eigenvalue weighted by atomic mass is 10.0. The van der Waals surface area contributed by atoms with Gasteiger partial charge in [0.1, 0.15) is 6.04 Å². The third kappa shape index (κ3) is 6.50. The Hall–Kier alpha value is -2.37. The molecule has 0 unspecified atom stereocenters. The molecule has 0 saturated heterocycles. The van der Waals surface area contributed by atoms with E-state index in [0.717, 1.165) is 5.56 Å². The molecular formula is C17H24N2O4. The van der Waals surface area contributed by atoms with Crippen molar-refractivity contribution in [2.75, 3.05) is 20.7 Å². The van der Waals surface area contributed by atoms with E-state index in [1.54, 1.807) is 14.1 Å². The number of hydrogen-bond acceptors (Lipinski definition) is 4. The van der Waals surface area contributed by atoms with E-state index in [0.29, 0.717) is 0 Å². The average molecular weight is 320 g/mol. The van der Waals surface area contributed by atoms with Gasteiger partial charge >= 0.3 is 5.97 Å². The molecule has 0 aliphatic carbocycles. The monoisotopic (exact) mass is 320 g/mol. The van der Waals surface area contributed by atoms with Crippen LogP contribution in [0, 0.1) is 5.92 Å². The van der Waals surface area contributed by atoms with E-state index >= 15 is 0 Å². The smallest absolute Gasteiger partial charge is 0.329 e. The highest BCUT2D eigenvalue weighted by Crippen LogP contribution is 2.06. The number of carbonyl (C=O) groups is 3. The Balaban J connectivity index is 2.58. The number of amides is 2. The molecule has 0 radical (unpaired) electrons. The zero-order chi connectivity index (χ0) is 17.4. The minimum atomic E-state index is -0.777. The Morgan fingerprint density at radius 1 is 1.13 bits per heavy atom. The molecule has 0 aliphatic heterocycles. The van der Waals surface area contributed by atoms with Gasteiger partial charge in [-0.05, 0) is 11.5 Å². The number of rotatable bonds is 7. The number of nitrogens with zero attached hydrogens (tertiary/aromatic N) is 1. The van der Waals surface area contributed by atoms with Crippen molar-refractivity contribution in [1.29, 1.82) is 0 Å². The molecule has 0 heterocycles. The molecular weight excluding hydrogens is 296 g/mol. The summed E-state index contributed by atoms with van der Waals surface area (Å²) in [5, 5.41) is 2.68. The first-order chi connectivity index (χ1) is 10.8. The summed E-state index contributed by atoms with van der Waals surface area (Å²) in [6.45, 7) is 3.29. The van der Waals surface area contributed by atoms with Crippen LogP contribution in [0.4, 0.5) is 0 Å². The highest BCUT2D eigenvalue weighted by atomic mass is 16.5. The van der Waals surface area contributed by atoms with Gasteiger partial charge in [-0.2, -0.15) is 0 Å². The molecule has 126 valence electrons. The maximum Gasteiger partial charge on any atom is 0.329 e. The van der Waals surface area contributed by atoms with Gasteiger partial charge in [0.15, 0.2) is 6.61 Å². The van der Waals surface area contributed by atoms with Gasteiger partial charge in [-0.15, -0.1) is 0 Å². The zero-order valence-electron chi connectivity index (χ0n) is 14.0. The average Bonchev–Trinajstić information content (AvgIpc) is 2.50. The molecule has 6 nitrogen and oxygen atoms in total. The molecule has 1 aromatic rings. The minimum Gasteiger partial charge on any atom is -0.454 e. The van der Waals surface area contributed by atoms with Gasteiger partial charge in [0, 0.05) is 14.1 Å². The molecule has 0 aliphatic rings. The van der Waals surface area contributed by atoms with Crippen LogP contribution >= 0.6 is 0 Å². The predicted octanol–water partition coefficient (Wildman–Crippen LogP) is 1.00. The molecule has 1 aromatic carbocycles. The first-order valence-electron chi connectivity index (χ1n) is 7.51. The number of ether oxygens (including phenoxy) is 1. The fourth-order valence-corrected chi connectivity index (χ4v) is 1.86. The highest BCUT2D eigenvalue weighted by molar-refractivity contribution is 5.87. The summed E-state index contributed by atoms with van der Waals surface area (Å²) in [6, 6.07) is 8.49. The number of esters is 1. The van der Waals surface area contributed by atoms with Gasteiger partial charge in [-0.1, -0.05) is 44.2 Å². The van der Waals surface area contributed by atoms with E-state index in [-0.39, 0.29) is 30.8 Å². The fraction of sp³-hybridized carbons (Fsp3) is 0.471. The molecule has 1 atom stereocenters. The maximum atomic E-state index is 12.1. The van der Waals surface area contributed by atoms with Crippen LogP contribution in [-0.4, -0.2) is 49.4 Å². The summed E-state index contributed by atoms with van der Waals surface area (Å²) < 4.78 is 4.99. The Morgan fingerprint density at radius 3 is 2.26 bits per heavy atom. The third-order valence-corrected chi connectivity index (χ3v) is 3.28. The Morgan fingerprint density at radius 2 is 1.74 bits per heavy atom. The summed E-state index contributed by atoms with van der Waals surface area (Å²) in [6.07, 6.45) is 0.188. The SMILES string of the molecule is CC(C)[C@H](NC(=O)Cc1ccccc1)C(=O)OCC(=O)N(C)C. The van der Waals surface area contributed by atoms with E-state index in [1.165, 1.54) is 4.90 Å². The zero-order valence-corrected chi connectivity index (χ0v) is 14.0. The Labute approximate surface area is 136 Å². The van der Waals surface area contributed by atoms with Crippen molar-refractivity contribution in [2.45, 2.75) is 26.3 Å². The molecule has 2 amide bonds. The second-order valence-corrected chi connectivity index (χ2v) is 5.85. The van der Waals surface area contributed by atoms with Crippen molar-refractivity contribution < 1.29 is 19.1 Å². The fourth-order valence-electron chi connectivity index (χ4n) is 1.86. The second-order valence-electron chi connectivity index (χ2n) is 5.85. The number of nitrogens with one attached hydrogen (secondary N) is 1. The molecule has 0 aromatic heterocycles. The van der Waals surface area contributed by atoms with Gasteiger partial charge < -0.3 is 15.0 Å². The topological polar surface area (TPSA) is 75.7 Å². The van der Waals surface area contributed by atoms with Crippen LogP contribution in [0.2, 0.25) is 0 Å². The molecule has 23 heavy (non-hydrogen) atoms. The van der Waals surface area contributed by atoms with Crippen molar-refractivity contribution in [1.82, 2.24) is 10.2 Å². The third-order valence-electron chi connectivity index (χ3n) is 3.28. The normalized spacial score (nSPS) is 11.7. The van der Waals surface area contributed by atoms with Gasteiger partial charge in [0.25, 0.3) is 5.91 Å². The van der Waals surface area contributed by atoms with E-state index < -0.39 is 12.0 Å². The molecule has 0 fully saturated rings. The lowest BCUT2D eigenvalue weighted by Crippen LogP contribution is -2.46. The lowest BCUT2D eigenvalue weighted by Gasteiger charge is -2.21. The van der Waals surface area contributed by atoms with Crippen LogP contribution in [0.3, 0.4) is 0 Å². The van der Waals surface area contributed by atoms with E-state index in [1.807, 2.05) is 44.2 Å². The molecule has 6 heteroatoms. The number of carbonyl (C=O) groups excluding carboxylic acids is 3. The summed E-state index contributed by atoms with van der Waals surface area (Å²) in [5.74, 6) is -1.31. The van der Waals surface area contributed by atoms with Crippen molar-refractivity contribution in [3.8, 4) is 0 Å². The molecule has 1 N–H and O–H groups in total.